The molecule has 2 aliphatic heterocycles. The molecule has 2 unspecified atom stereocenters. The molecule has 3 heterocycles. The zero-order valence-electron chi connectivity index (χ0n) is 18.4. The third-order valence-corrected chi connectivity index (χ3v) is 8.79. The Morgan fingerprint density at radius 3 is 2.57 bits per heavy atom. The summed E-state index contributed by atoms with van der Waals surface area (Å²) in [6, 6.07) is 4.95. The highest BCUT2D eigenvalue weighted by molar-refractivity contribution is 8.00. The first-order valence-corrected chi connectivity index (χ1v) is 12.3. The molecule has 35 heavy (non-hydrogen) atoms. The van der Waals surface area contributed by atoms with Crippen LogP contribution in [0, 0.1) is 5.41 Å². The molecule has 0 radical (unpaired) electrons. The minimum absolute atomic E-state index is 0.00191. The number of benzene rings is 1. The number of hydrogen-bond donors (Lipinski definition) is 4. The van der Waals surface area contributed by atoms with Gasteiger partial charge >= 0.3 is 11.5 Å². The average molecular weight is 523 g/mol. The minimum Gasteiger partial charge on any atom is -0.508 e. The van der Waals surface area contributed by atoms with Gasteiger partial charge in [-0.25, -0.2) is 0 Å². The Bertz CT molecular complexity index is 1240. The maximum atomic E-state index is 13.2. The number of β-lactam (4-membered cyclic amide) rings is 1. The summed E-state index contributed by atoms with van der Waals surface area (Å²) >= 11 is 2.23. The molecule has 5 N–H and O–H groups in total. The second-order valence-electron chi connectivity index (χ2n) is 8.14. The molecule has 3 atom stereocenters. The lowest BCUT2D eigenvalue weighted by Gasteiger charge is -2.56. The van der Waals surface area contributed by atoms with E-state index in [1.807, 2.05) is 0 Å². The number of aromatic nitrogens is 3. The van der Waals surface area contributed by atoms with E-state index in [4.69, 9.17) is 5.73 Å². The standard InChI is InChI=1S/C20H22N6O7S2/c1-24-16(31)14(29)22-23-19(24)35-9-20(18(32)33)7-25-15(30)13(17(25)34-8-20)26(12(28)6-21)10-2-4-11(27)5-3-10/h2-5,13,17,27H,6-9,21H2,1H3,(H,22,29)(H,32,33)/t13?,17-,20?/m1/s1. The summed E-state index contributed by atoms with van der Waals surface area (Å²) in [5.74, 6) is -2.63. The van der Waals surface area contributed by atoms with Crippen LogP contribution in [0.15, 0.2) is 34.2 Å². The number of amides is 2. The molecule has 1 aromatic heterocycles. The van der Waals surface area contributed by atoms with Crippen molar-refractivity contribution in [1.82, 2.24) is 19.7 Å². The molecule has 2 aromatic rings. The highest BCUT2D eigenvalue weighted by Gasteiger charge is 2.59. The lowest BCUT2D eigenvalue weighted by molar-refractivity contribution is -0.156. The first kappa shape index (κ1) is 24.8. The Balaban J connectivity index is 1.54. The summed E-state index contributed by atoms with van der Waals surface area (Å²) in [5, 5.41) is 35.8. The van der Waals surface area contributed by atoms with Crippen LogP contribution in [0.4, 0.5) is 5.69 Å². The fourth-order valence-corrected chi connectivity index (χ4v) is 6.74. The van der Waals surface area contributed by atoms with Crippen LogP contribution in [-0.2, 0) is 21.4 Å². The van der Waals surface area contributed by atoms with Crippen molar-refractivity contribution in [3.05, 3.63) is 34.6 Å². The number of phenols is 1. The smallest absolute Gasteiger partial charge is 0.316 e. The summed E-state index contributed by atoms with van der Waals surface area (Å²) in [6.07, 6.45) is 0. The van der Waals surface area contributed by atoms with Gasteiger partial charge in [0.05, 0.1) is 6.54 Å². The van der Waals surface area contributed by atoms with Crippen molar-refractivity contribution in [2.75, 3.05) is 29.5 Å². The van der Waals surface area contributed by atoms with Gasteiger partial charge < -0.3 is 26.0 Å². The Hall–Kier alpha value is -3.30. The lowest BCUT2D eigenvalue weighted by atomic mass is 9.89. The number of carboxylic acid groups (broad SMARTS) is 1. The molecular formula is C20H22N6O7S2. The number of carbonyl (C=O) groups excluding carboxylic acids is 2. The predicted molar refractivity (Wildman–Crippen MR) is 126 cm³/mol. The van der Waals surface area contributed by atoms with Crippen LogP contribution in [0.2, 0.25) is 0 Å². The SMILES string of the molecule is Cn1c(SCC2(C(=O)O)CS[C@@H]3C(N(C(=O)CN)c4ccc(O)cc4)C(=O)N3C2)nnc(O)c1=O. The Labute approximate surface area is 206 Å². The van der Waals surface area contributed by atoms with Gasteiger partial charge in [-0.3, -0.25) is 28.6 Å². The van der Waals surface area contributed by atoms with E-state index >= 15 is 0 Å². The van der Waals surface area contributed by atoms with Crippen LogP contribution >= 0.6 is 23.5 Å². The quantitative estimate of drug-likeness (QED) is 0.257. The first-order chi connectivity index (χ1) is 16.6. The molecule has 15 heteroatoms. The van der Waals surface area contributed by atoms with E-state index in [0.717, 1.165) is 16.3 Å². The summed E-state index contributed by atoms with van der Waals surface area (Å²) in [4.78, 5) is 52.7. The van der Waals surface area contributed by atoms with Gasteiger partial charge in [-0.05, 0) is 24.3 Å². The number of thioether (sulfide) groups is 2. The molecule has 13 nitrogen and oxygen atoms in total. The molecule has 186 valence electrons. The van der Waals surface area contributed by atoms with E-state index in [-0.39, 0.29) is 35.5 Å². The monoisotopic (exact) mass is 522 g/mol. The zero-order valence-corrected chi connectivity index (χ0v) is 20.0. The highest BCUT2D eigenvalue weighted by atomic mass is 32.2. The van der Waals surface area contributed by atoms with Crippen molar-refractivity contribution in [2.45, 2.75) is 16.6 Å². The number of aliphatic carboxylic acids is 1. The molecule has 2 fully saturated rings. The molecule has 2 saturated heterocycles. The number of carbonyl (C=O) groups is 3. The summed E-state index contributed by atoms with van der Waals surface area (Å²) in [6.45, 7) is -0.424. The van der Waals surface area contributed by atoms with E-state index < -0.39 is 46.1 Å². The Kier molecular flexibility index (Phi) is 6.66. The molecule has 1 aromatic carbocycles. The molecular weight excluding hydrogens is 500 g/mol. The Morgan fingerprint density at radius 1 is 1.26 bits per heavy atom. The number of rotatable bonds is 7. The number of nitrogens with zero attached hydrogens (tertiary/aromatic N) is 5. The maximum absolute atomic E-state index is 13.2. The van der Waals surface area contributed by atoms with Crippen molar-refractivity contribution < 1.29 is 29.7 Å². The van der Waals surface area contributed by atoms with Crippen molar-refractivity contribution in [1.29, 1.82) is 0 Å². The molecule has 4 rings (SSSR count). The molecule has 2 aliphatic rings. The van der Waals surface area contributed by atoms with Crippen molar-refractivity contribution in [2.24, 2.45) is 18.2 Å². The largest absolute Gasteiger partial charge is 0.508 e. The molecule has 0 bridgehead atoms. The summed E-state index contributed by atoms with van der Waals surface area (Å²) in [7, 11) is 1.38. The van der Waals surface area contributed by atoms with Crippen LogP contribution < -0.4 is 16.2 Å². The number of nitrogens with two attached hydrogens (primary N) is 1. The molecule has 0 spiro atoms. The lowest BCUT2D eigenvalue weighted by Crippen LogP contribution is -2.75. The zero-order chi connectivity index (χ0) is 25.5. The van der Waals surface area contributed by atoms with Crippen LogP contribution in [-0.4, -0.2) is 88.8 Å². The van der Waals surface area contributed by atoms with Crippen molar-refractivity contribution >= 4 is 47.0 Å². The highest BCUT2D eigenvalue weighted by Crippen LogP contribution is 2.46. The minimum atomic E-state index is -1.34. The average Bonchev–Trinajstić information content (AvgIpc) is 2.85. The second kappa shape index (κ2) is 9.39. The molecule has 2 amide bonds. The van der Waals surface area contributed by atoms with Crippen LogP contribution in [0.1, 0.15) is 0 Å². The van der Waals surface area contributed by atoms with E-state index in [2.05, 4.69) is 10.2 Å². The van der Waals surface area contributed by atoms with E-state index in [9.17, 15) is 34.5 Å². The van der Waals surface area contributed by atoms with Gasteiger partial charge in [0.2, 0.25) is 11.8 Å². The molecule has 0 saturated carbocycles. The summed E-state index contributed by atoms with van der Waals surface area (Å²) < 4.78 is 1.07. The number of aromatic hydroxyl groups is 2. The van der Waals surface area contributed by atoms with Gasteiger partial charge in [0.15, 0.2) is 5.16 Å². The van der Waals surface area contributed by atoms with Crippen molar-refractivity contribution in [3.8, 4) is 11.6 Å². The van der Waals surface area contributed by atoms with Crippen LogP contribution in [0.3, 0.4) is 0 Å². The third-order valence-electron chi connectivity index (χ3n) is 5.91. The van der Waals surface area contributed by atoms with Gasteiger partial charge in [-0.2, -0.15) is 0 Å². The number of fused-ring (bicyclic) bond motifs is 1. The van der Waals surface area contributed by atoms with E-state index in [1.54, 1.807) is 0 Å². The number of carboxylic acids is 1. The van der Waals surface area contributed by atoms with E-state index in [1.165, 1.54) is 52.9 Å². The van der Waals surface area contributed by atoms with Crippen LogP contribution in [0.25, 0.3) is 0 Å². The number of hydrogen-bond acceptors (Lipinski definition) is 11. The normalized spacial score (nSPS) is 23.4. The van der Waals surface area contributed by atoms with Gasteiger partial charge in [-0.15, -0.1) is 22.0 Å². The second-order valence-corrected chi connectivity index (χ2v) is 10.2. The van der Waals surface area contributed by atoms with Gasteiger partial charge in [0.1, 0.15) is 22.6 Å². The van der Waals surface area contributed by atoms with E-state index in [0.29, 0.717) is 5.69 Å². The van der Waals surface area contributed by atoms with Gasteiger partial charge in [-0.1, -0.05) is 11.8 Å². The fourth-order valence-electron chi connectivity index (χ4n) is 3.92. The Morgan fingerprint density at radius 2 is 1.94 bits per heavy atom. The van der Waals surface area contributed by atoms with Crippen molar-refractivity contribution in [3.63, 3.8) is 0 Å². The first-order valence-electron chi connectivity index (χ1n) is 10.3. The topological polar surface area (TPSA) is 192 Å². The maximum Gasteiger partial charge on any atom is 0.316 e. The third kappa shape index (κ3) is 4.30. The van der Waals surface area contributed by atoms with Gasteiger partial charge in [0, 0.05) is 30.8 Å². The summed E-state index contributed by atoms with van der Waals surface area (Å²) in [5.41, 5.74) is 3.87. The number of anilines is 1. The predicted octanol–water partition coefficient (Wildman–Crippen LogP) is -0.975. The van der Waals surface area contributed by atoms with Crippen LogP contribution in [0.5, 0.6) is 11.6 Å². The van der Waals surface area contributed by atoms with Gasteiger partial charge in [0.25, 0.3) is 5.88 Å². The fraction of sp³-hybridized carbons (Fsp3) is 0.400. The molecule has 0 aliphatic carbocycles. The number of phenolic OH excluding ortho intramolecular Hbond substituents is 1.